The van der Waals surface area contributed by atoms with Crippen LogP contribution in [0.25, 0.3) is 10.9 Å². The zero-order chi connectivity index (χ0) is 12.7. The summed E-state index contributed by atoms with van der Waals surface area (Å²) < 4.78 is 0. The van der Waals surface area contributed by atoms with Crippen LogP contribution in [0, 0.1) is 5.92 Å². The topological polar surface area (TPSA) is 53.1 Å². The van der Waals surface area contributed by atoms with Gasteiger partial charge in [0, 0.05) is 17.1 Å². The predicted octanol–water partition coefficient (Wildman–Crippen LogP) is 3.79. The standard InChI is InChI=1S/C14H14ClNO2/c15-12-7-16-13-4-3-9(5-11(12)13)10(6-14(17)18)8-1-2-8/h3-5,7-8,10,16H,1-2,6H2,(H,17,18). The maximum atomic E-state index is 11.0. The van der Waals surface area contributed by atoms with Gasteiger partial charge in [0.05, 0.1) is 11.4 Å². The number of rotatable bonds is 4. The fraction of sp³-hybridized carbons (Fsp3) is 0.357. The Morgan fingerprint density at radius 1 is 1.50 bits per heavy atom. The van der Waals surface area contributed by atoms with E-state index in [1.807, 2.05) is 18.2 Å². The Labute approximate surface area is 110 Å². The molecule has 3 rings (SSSR count). The summed E-state index contributed by atoms with van der Waals surface area (Å²) in [5.41, 5.74) is 2.09. The Morgan fingerprint density at radius 3 is 2.94 bits per heavy atom. The fourth-order valence-corrected chi connectivity index (χ4v) is 2.79. The third-order valence-electron chi connectivity index (χ3n) is 3.67. The molecule has 1 atom stereocenters. The Kier molecular flexibility index (Phi) is 2.78. The number of nitrogens with one attached hydrogen (secondary N) is 1. The van der Waals surface area contributed by atoms with Crippen LogP contribution < -0.4 is 0 Å². The van der Waals surface area contributed by atoms with Gasteiger partial charge in [-0.15, -0.1) is 0 Å². The molecule has 1 fully saturated rings. The number of hydrogen-bond donors (Lipinski definition) is 2. The van der Waals surface area contributed by atoms with Crippen molar-refractivity contribution < 1.29 is 9.90 Å². The molecule has 3 nitrogen and oxygen atoms in total. The summed E-state index contributed by atoms with van der Waals surface area (Å²) in [6.45, 7) is 0. The van der Waals surface area contributed by atoms with Gasteiger partial charge in [-0.1, -0.05) is 17.7 Å². The maximum absolute atomic E-state index is 11.0. The summed E-state index contributed by atoms with van der Waals surface area (Å²) in [5, 5.41) is 10.7. The molecule has 2 N–H and O–H groups in total. The van der Waals surface area contributed by atoms with E-state index in [2.05, 4.69) is 4.98 Å². The van der Waals surface area contributed by atoms with E-state index in [1.165, 1.54) is 0 Å². The van der Waals surface area contributed by atoms with E-state index in [4.69, 9.17) is 16.7 Å². The second-order valence-corrected chi connectivity index (χ2v) is 5.39. The van der Waals surface area contributed by atoms with Crippen LogP contribution in [0.5, 0.6) is 0 Å². The maximum Gasteiger partial charge on any atom is 0.303 e. The first-order valence-electron chi connectivity index (χ1n) is 6.13. The van der Waals surface area contributed by atoms with Crippen molar-refractivity contribution in [2.24, 2.45) is 5.92 Å². The van der Waals surface area contributed by atoms with Crippen LogP contribution >= 0.6 is 11.6 Å². The third kappa shape index (κ3) is 2.10. The van der Waals surface area contributed by atoms with Gasteiger partial charge in [-0.25, -0.2) is 0 Å². The average molecular weight is 264 g/mol. The Hall–Kier alpha value is -1.48. The SMILES string of the molecule is O=C(O)CC(c1ccc2[nH]cc(Cl)c2c1)C1CC1. The Morgan fingerprint density at radius 2 is 2.28 bits per heavy atom. The van der Waals surface area contributed by atoms with Crippen LogP contribution in [0.1, 0.15) is 30.7 Å². The number of carboxylic acid groups (broad SMARTS) is 1. The van der Waals surface area contributed by atoms with Gasteiger partial charge < -0.3 is 10.1 Å². The van der Waals surface area contributed by atoms with Crippen LogP contribution in [0.2, 0.25) is 5.02 Å². The van der Waals surface area contributed by atoms with Crippen molar-refractivity contribution >= 4 is 28.5 Å². The van der Waals surface area contributed by atoms with E-state index in [0.29, 0.717) is 10.9 Å². The number of H-pyrrole nitrogens is 1. The van der Waals surface area contributed by atoms with E-state index in [-0.39, 0.29) is 12.3 Å². The van der Waals surface area contributed by atoms with Gasteiger partial charge in [0.15, 0.2) is 0 Å². The fourth-order valence-electron chi connectivity index (χ4n) is 2.58. The van der Waals surface area contributed by atoms with Crippen molar-refractivity contribution in [2.45, 2.75) is 25.2 Å². The highest BCUT2D eigenvalue weighted by molar-refractivity contribution is 6.35. The van der Waals surface area contributed by atoms with Gasteiger partial charge in [-0.2, -0.15) is 0 Å². The number of carboxylic acids is 1. The minimum Gasteiger partial charge on any atom is -0.481 e. The van der Waals surface area contributed by atoms with E-state index in [9.17, 15) is 4.79 Å². The van der Waals surface area contributed by atoms with Crippen LogP contribution in [0.4, 0.5) is 0 Å². The molecule has 0 spiro atoms. The molecule has 18 heavy (non-hydrogen) atoms. The van der Waals surface area contributed by atoms with Crippen molar-refractivity contribution in [3.63, 3.8) is 0 Å². The highest BCUT2D eigenvalue weighted by atomic mass is 35.5. The molecule has 0 radical (unpaired) electrons. The lowest BCUT2D eigenvalue weighted by atomic mass is 9.90. The number of aromatic nitrogens is 1. The molecule has 2 aromatic rings. The van der Waals surface area contributed by atoms with Crippen molar-refractivity contribution in [3.8, 4) is 0 Å². The normalized spacial score (nSPS) is 16.9. The molecule has 1 aromatic carbocycles. The van der Waals surface area contributed by atoms with E-state index in [0.717, 1.165) is 29.3 Å². The lowest BCUT2D eigenvalue weighted by Crippen LogP contribution is -2.08. The molecule has 4 heteroatoms. The molecule has 94 valence electrons. The van der Waals surface area contributed by atoms with Crippen LogP contribution in [0.15, 0.2) is 24.4 Å². The predicted molar refractivity (Wildman–Crippen MR) is 71.0 cm³/mol. The zero-order valence-corrected chi connectivity index (χ0v) is 10.6. The minimum atomic E-state index is -0.729. The van der Waals surface area contributed by atoms with Gasteiger partial charge in [0.2, 0.25) is 0 Å². The molecule has 0 aliphatic heterocycles. The Bertz CT molecular complexity index is 601. The van der Waals surface area contributed by atoms with E-state index >= 15 is 0 Å². The molecule has 0 saturated heterocycles. The number of aliphatic carboxylic acids is 1. The minimum absolute atomic E-state index is 0.123. The third-order valence-corrected chi connectivity index (χ3v) is 3.98. The largest absolute Gasteiger partial charge is 0.481 e. The lowest BCUT2D eigenvalue weighted by Gasteiger charge is -2.14. The number of hydrogen-bond acceptors (Lipinski definition) is 1. The van der Waals surface area contributed by atoms with Gasteiger partial charge in [0.25, 0.3) is 0 Å². The number of fused-ring (bicyclic) bond motifs is 1. The van der Waals surface area contributed by atoms with Gasteiger partial charge in [-0.05, 0) is 42.4 Å². The van der Waals surface area contributed by atoms with Crippen molar-refractivity contribution in [3.05, 3.63) is 35.0 Å². The van der Waals surface area contributed by atoms with E-state index < -0.39 is 5.97 Å². The van der Waals surface area contributed by atoms with Crippen molar-refractivity contribution in [1.82, 2.24) is 4.98 Å². The van der Waals surface area contributed by atoms with Crippen LogP contribution in [-0.4, -0.2) is 16.1 Å². The summed E-state index contributed by atoms with van der Waals surface area (Å²) in [6.07, 6.45) is 4.24. The Balaban J connectivity index is 2.00. The second kappa shape index (κ2) is 4.32. The summed E-state index contributed by atoms with van der Waals surface area (Å²) >= 11 is 6.10. The molecule has 1 aliphatic rings. The van der Waals surface area contributed by atoms with Gasteiger partial charge in [0.1, 0.15) is 0 Å². The molecule has 0 amide bonds. The first kappa shape index (κ1) is 11.6. The number of aromatic amines is 1. The number of carbonyl (C=O) groups is 1. The van der Waals surface area contributed by atoms with Crippen LogP contribution in [0.3, 0.4) is 0 Å². The molecule has 1 aromatic heterocycles. The number of benzene rings is 1. The van der Waals surface area contributed by atoms with Crippen molar-refractivity contribution in [1.29, 1.82) is 0 Å². The monoisotopic (exact) mass is 263 g/mol. The highest BCUT2D eigenvalue weighted by Gasteiger charge is 2.33. The van der Waals surface area contributed by atoms with Gasteiger partial charge >= 0.3 is 5.97 Å². The summed E-state index contributed by atoms with van der Waals surface area (Å²) in [7, 11) is 0. The number of halogens is 1. The zero-order valence-electron chi connectivity index (χ0n) is 9.82. The average Bonchev–Trinajstić information content (AvgIpc) is 3.11. The molecule has 1 aliphatic carbocycles. The molecular formula is C14H14ClNO2. The first-order valence-corrected chi connectivity index (χ1v) is 6.51. The quantitative estimate of drug-likeness (QED) is 0.882. The van der Waals surface area contributed by atoms with E-state index in [1.54, 1.807) is 6.20 Å². The summed E-state index contributed by atoms with van der Waals surface area (Å²) in [6, 6.07) is 6.02. The first-order chi connectivity index (χ1) is 8.65. The second-order valence-electron chi connectivity index (χ2n) is 4.98. The molecule has 1 heterocycles. The lowest BCUT2D eigenvalue weighted by molar-refractivity contribution is -0.137. The van der Waals surface area contributed by atoms with Crippen LogP contribution in [-0.2, 0) is 4.79 Å². The molecule has 0 bridgehead atoms. The molecule has 1 unspecified atom stereocenters. The smallest absolute Gasteiger partial charge is 0.303 e. The molecule has 1 saturated carbocycles. The molecular weight excluding hydrogens is 250 g/mol. The highest BCUT2D eigenvalue weighted by Crippen LogP contribution is 2.45. The summed E-state index contributed by atoms with van der Waals surface area (Å²) in [4.78, 5) is 14.1. The summed E-state index contributed by atoms with van der Waals surface area (Å²) in [5.74, 6) is -0.0821. The van der Waals surface area contributed by atoms with Crippen molar-refractivity contribution in [2.75, 3.05) is 0 Å². The van der Waals surface area contributed by atoms with Gasteiger partial charge in [-0.3, -0.25) is 4.79 Å².